The Balaban J connectivity index is 5.36. The number of phosphoric ester groups is 2. The predicted octanol–water partition coefficient (Wildman–Crippen LogP) is 24.2. The fourth-order valence-electron chi connectivity index (χ4n) is 10.6. The van der Waals surface area contributed by atoms with Gasteiger partial charge < -0.3 is 33.8 Å². The summed E-state index contributed by atoms with van der Waals surface area (Å²) in [6.07, 6.45) is 89.6. The normalized spacial score (nSPS) is 14.6. The van der Waals surface area contributed by atoms with Gasteiger partial charge in [-0.1, -0.05) is 289 Å². The van der Waals surface area contributed by atoms with Gasteiger partial charge in [-0.15, -0.1) is 0 Å². The van der Waals surface area contributed by atoms with Crippen molar-refractivity contribution in [2.75, 3.05) is 39.6 Å². The van der Waals surface area contributed by atoms with Crippen molar-refractivity contribution in [3.63, 3.8) is 0 Å². The van der Waals surface area contributed by atoms with Crippen molar-refractivity contribution in [2.24, 2.45) is 0 Å². The highest BCUT2D eigenvalue weighted by molar-refractivity contribution is 7.47. The second-order valence-electron chi connectivity index (χ2n) is 26.9. The van der Waals surface area contributed by atoms with E-state index in [2.05, 4.69) is 174 Å². The maximum atomic E-state index is 13.1. The van der Waals surface area contributed by atoms with Crippen molar-refractivity contribution in [3.8, 4) is 0 Å². The number of allylic oxidation sites excluding steroid dienone is 24. The molecule has 0 aliphatic carbocycles. The maximum absolute atomic E-state index is 13.1. The number of esters is 4. The summed E-state index contributed by atoms with van der Waals surface area (Å²) in [5, 5.41) is 10.7. The Bertz CT molecular complexity index is 2580. The van der Waals surface area contributed by atoms with Gasteiger partial charge in [-0.3, -0.25) is 37.3 Å². The first-order chi connectivity index (χ1) is 51.7. The number of rotatable bonds is 76. The smallest absolute Gasteiger partial charge is 0.462 e. The highest BCUT2D eigenvalue weighted by atomic mass is 31.2. The predicted molar refractivity (Wildman–Crippen MR) is 436 cm³/mol. The molecule has 0 aromatic carbocycles. The van der Waals surface area contributed by atoms with Crippen LogP contribution in [0.15, 0.2) is 146 Å². The molecule has 0 saturated heterocycles. The minimum Gasteiger partial charge on any atom is -0.462 e. The third-order valence-corrected chi connectivity index (χ3v) is 18.7. The first kappa shape index (κ1) is 101. The van der Waals surface area contributed by atoms with Gasteiger partial charge in [0.05, 0.1) is 26.4 Å². The molecule has 0 rings (SSSR count). The second-order valence-corrected chi connectivity index (χ2v) is 29.8. The molecule has 0 bridgehead atoms. The first-order valence-corrected chi connectivity index (χ1v) is 44.1. The largest absolute Gasteiger partial charge is 0.472 e. The van der Waals surface area contributed by atoms with Crippen LogP contribution in [0, 0.1) is 0 Å². The lowest BCUT2D eigenvalue weighted by molar-refractivity contribution is -0.161. The number of phosphoric acid groups is 2. The summed E-state index contributed by atoms with van der Waals surface area (Å²) in [7, 11) is -9.98. The van der Waals surface area contributed by atoms with Crippen LogP contribution >= 0.6 is 15.6 Å². The standard InChI is InChI=1S/C87H146O17P2/c1-5-9-13-17-21-25-29-32-35-38-40-43-45-48-52-55-59-63-67-71-84(89)97-77-82(103-86(91)73-69-65-61-57-51-28-24-20-16-12-8-4)79-101-105(93,94)99-75-81(88)76-100-106(95,96)102-80-83(104-87(92)74-70-66-62-58-54-50-47-42-37-34-31-27-23-19-15-11-7-3)78-98-85(90)72-68-64-60-56-53-49-46-44-41-39-36-33-30-26-22-18-14-10-6-2/h9-11,13-15,20-27,32-37,40-41,43-44,81-83,88H,5-8,12,16-19,28-31,38-39,42,45-80H2,1-4H3,(H,93,94)(H,95,96)/b13-9-,14-10-,15-11-,24-20-,25-21-,26-22-,27-23-,35-32-,36-33-,37-34-,43-40-,44-41-. The zero-order valence-electron chi connectivity index (χ0n) is 66.3. The summed E-state index contributed by atoms with van der Waals surface area (Å²) in [5.41, 5.74) is 0. The summed E-state index contributed by atoms with van der Waals surface area (Å²) in [6.45, 7) is 4.47. The molecule has 19 heteroatoms. The van der Waals surface area contributed by atoms with E-state index in [0.717, 1.165) is 231 Å². The zero-order chi connectivity index (χ0) is 77.4. The van der Waals surface area contributed by atoms with E-state index in [4.69, 9.17) is 37.0 Å². The topological polar surface area (TPSA) is 237 Å². The van der Waals surface area contributed by atoms with Gasteiger partial charge in [-0.05, 0) is 154 Å². The average Bonchev–Trinajstić information content (AvgIpc) is 0.901. The molecule has 0 aromatic rings. The molecule has 5 unspecified atom stereocenters. The van der Waals surface area contributed by atoms with E-state index in [0.29, 0.717) is 25.7 Å². The fraction of sp³-hybridized carbons (Fsp3) is 0.678. The van der Waals surface area contributed by atoms with Crippen molar-refractivity contribution >= 4 is 39.5 Å². The Morgan fingerprint density at radius 2 is 0.491 bits per heavy atom. The van der Waals surface area contributed by atoms with E-state index in [1.165, 1.54) is 12.8 Å². The van der Waals surface area contributed by atoms with Crippen molar-refractivity contribution < 1.29 is 80.2 Å². The molecule has 0 aliphatic rings. The monoisotopic (exact) mass is 1530 g/mol. The molecule has 0 saturated carbocycles. The van der Waals surface area contributed by atoms with Gasteiger partial charge in [0.25, 0.3) is 0 Å². The lowest BCUT2D eigenvalue weighted by Crippen LogP contribution is -2.30. The van der Waals surface area contributed by atoms with Gasteiger partial charge in [0.2, 0.25) is 0 Å². The molecule has 0 aliphatic heterocycles. The van der Waals surface area contributed by atoms with E-state index < -0.39 is 97.5 Å². The molecule has 0 fully saturated rings. The van der Waals surface area contributed by atoms with Crippen molar-refractivity contribution in [1.82, 2.24) is 0 Å². The number of aliphatic hydroxyl groups excluding tert-OH is 1. The summed E-state index contributed by atoms with van der Waals surface area (Å²) < 4.78 is 68.7. The minimum atomic E-state index is -4.99. The summed E-state index contributed by atoms with van der Waals surface area (Å²) >= 11 is 0. The molecular formula is C87H146O17P2. The van der Waals surface area contributed by atoms with Crippen LogP contribution in [0.5, 0.6) is 0 Å². The van der Waals surface area contributed by atoms with Crippen LogP contribution in [0.3, 0.4) is 0 Å². The summed E-state index contributed by atoms with van der Waals surface area (Å²) in [6, 6.07) is 0. The molecule has 17 nitrogen and oxygen atoms in total. The fourth-order valence-corrected chi connectivity index (χ4v) is 12.2. The number of carbonyl (C=O) groups is 4. The molecule has 106 heavy (non-hydrogen) atoms. The Kier molecular flexibility index (Phi) is 74.3. The maximum Gasteiger partial charge on any atom is 0.472 e. The van der Waals surface area contributed by atoms with Crippen molar-refractivity contribution in [1.29, 1.82) is 0 Å². The van der Waals surface area contributed by atoms with E-state index in [1.54, 1.807) is 0 Å². The van der Waals surface area contributed by atoms with Crippen LogP contribution in [-0.2, 0) is 65.4 Å². The number of aliphatic hydroxyl groups is 1. The Morgan fingerprint density at radius 1 is 0.274 bits per heavy atom. The number of hydrogen-bond donors (Lipinski definition) is 3. The van der Waals surface area contributed by atoms with Crippen molar-refractivity contribution in [3.05, 3.63) is 146 Å². The molecule has 5 atom stereocenters. The van der Waals surface area contributed by atoms with Gasteiger partial charge >= 0.3 is 39.5 Å². The Morgan fingerprint density at radius 3 is 0.764 bits per heavy atom. The van der Waals surface area contributed by atoms with Crippen LogP contribution in [0.25, 0.3) is 0 Å². The van der Waals surface area contributed by atoms with Crippen LogP contribution in [0.4, 0.5) is 0 Å². The van der Waals surface area contributed by atoms with Gasteiger partial charge in [-0.25, -0.2) is 9.13 Å². The van der Waals surface area contributed by atoms with Gasteiger partial charge in [0, 0.05) is 25.7 Å². The Hall–Kier alpha value is -5.06. The summed E-state index contributed by atoms with van der Waals surface area (Å²) in [4.78, 5) is 73.1. The molecule has 0 aromatic heterocycles. The van der Waals surface area contributed by atoms with Crippen LogP contribution in [-0.4, -0.2) is 96.7 Å². The number of hydrogen-bond acceptors (Lipinski definition) is 15. The molecule has 606 valence electrons. The highest BCUT2D eigenvalue weighted by Crippen LogP contribution is 2.45. The van der Waals surface area contributed by atoms with Crippen LogP contribution in [0.2, 0.25) is 0 Å². The van der Waals surface area contributed by atoms with E-state index in [-0.39, 0.29) is 25.7 Å². The Labute approximate surface area is 643 Å². The van der Waals surface area contributed by atoms with Gasteiger partial charge in [-0.2, -0.15) is 0 Å². The van der Waals surface area contributed by atoms with Gasteiger partial charge in [0.15, 0.2) is 12.2 Å². The number of carbonyl (C=O) groups excluding carboxylic acids is 4. The lowest BCUT2D eigenvalue weighted by Gasteiger charge is -2.21. The molecule has 3 N–H and O–H groups in total. The SMILES string of the molecule is CC/C=C\C/C=C\C/C=C\C/C=C\CCCCCCCCC(=O)OCC(COP(=O)(O)OCC(O)COP(=O)(O)OCC(COC(=O)CCCCCCCC/C=C\C/C=C\C/C=C\C/C=C\CC)OC(=O)CCCCCCCCC/C=C\C/C=C\C/C=C\CC)OC(=O)CCCCCCC/C=C\CCCC. The molecule has 0 spiro atoms. The second kappa shape index (κ2) is 78.1. The average molecular weight is 1530 g/mol. The molecular weight excluding hydrogens is 1380 g/mol. The zero-order valence-corrected chi connectivity index (χ0v) is 68.1. The summed E-state index contributed by atoms with van der Waals surface area (Å²) in [5.74, 6) is -2.22. The van der Waals surface area contributed by atoms with E-state index >= 15 is 0 Å². The van der Waals surface area contributed by atoms with Gasteiger partial charge in [0.1, 0.15) is 19.3 Å². The molecule has 0 amide bonds. The minimum absolute atomic E-state index is 0.0765. The molecule has 0 heterocycles. The first-order valence-electron chi connectivity index (χ1n) is 41.1. The lowest BCUT2D eigenvalue weighted by atomic mass is 10.1. The van der Waals surface area contributed by atoms with Crippen LogP contribution < -0.4 is 0 Å². The number of unbranched alkanes of at least 4 members (excludes halogenated alkanes) is 26. The van der Waals surface area contributed by atoms with E-state index in [1.807, 2.05) is 0 Å². The third-order valence-electron chi connectivity index (χ3n) is 16.8. The molecule has 0 radical (unpaired) electrons. The quantitative estimate of drug-likeness (QED) is 0.0169. The van der Waals surface area contributed by atoms with Crippen LogP contribution in [0.1, 0.15) is 323 Å². The highest BCUT2D eigenvalue weighted by Gasteiger charge is 2.30. The van der Waals surface area contributed by atoms with Crippen molar-refractivity contribution in [2.45, 2.75) is 341 Å². The van der Waals surface area contributed by atoms with E-state index in [9.17, 15) is 43.2 Å². The third kappa shape index (κ3) is 77.1. The number of ether oxygens (including phenoxy) is 4.